The van der Waals surface area contributed by atoms with Gasteiger partial charge in [-0.1, -0.05) is 12.1 Å². The molecule has 9 nitrogen and oxygen atoms in total. The number of amides is 4. The number of para-hydroxylation sites is 2. The summed E-state index contributed by atoms with van der Waals surface area (Å²) < 4.78 is 0. The van der Waals surface area contributed by atoms with E-state index in [9.17, 15) is 14.4 Å². The van der Waals surface area contributed by atoms with Gasteiger partial charge in [0.05, 0.1) is 11.4 Å². The first kappa shape index (κ1) is 17.0. The molecule has 0 aliphatic rings. The zero-order chi connectivity index (χ0) is 17.7. The highest BCUT2D eigenvalue weighted by Crippen LogP contribution is 2.21. The second-order valence-corrected chi connectivity index (χ2v) is 5.28. The number of hydrogen-bond acceptors (Lipinski definition) is 4. The minimum absolute atomic E-state index is 0.0241. The summed E-state index contributed by atoms with van der Waals surface area (Å²) in [4.78, 5) is 35.0. The molecule has 0 fully saturated rings. The van der Waals surface area contributed by atoms with Crippen LogP contribution in [0.15, 0.2) is 30.3 Å². The standard InChI is InChI=1S/C15H18N6O3/c1-8(2)17-15(24)19-10-6-4-3-5-9(10)18-14(23)12-7-11(13(16)22)20-21-12/h3-8H,1-2H3,(H2,16,22)(H,18,23)(H,20,21)(H2,17,19,24). The Balaban J connectivity index is 2.12. The monoisotopic (exact) mass is 330 g/mol. The van der Waals surface area contributed by atoms with Gasteiger partial charge in [0.15, 0.2) is 5.69 Å². The van der Waals surface area contributed by atoms with Crippen molar-refractivity contribution < 1.29 is 14.4 Å². The smallest absolute Gasteiger partial charge is 0.319 e. The molecule has 2 rings (SSSR count). The average molecular weight is 330 g/mol. The van der Waals surface area contributed by atoms with Crippen molar-refractivity contribution >= 4 is 29.2 Å². The van der Waals surface area contributed by atoms with E-state index in [1.165, 1.54) is 6.07 Å². The van der Waals surface area contributed by atoms with Gasteiger partial charge in [-0.15, -0.1) is 0 Å². The van der Waals surface area contributed by atoms with Crippen LogP contribution in [0, 0.1) is 0 Å². The molecule has 6 N–H and O–H groups in total. The largest absolute Gasteiger partial charge is 0.364 e. The predicted molar refractivity (Wildman–Crippen MR) is 88.8 cm³/mol. The first-order valence-corrected chi connectivity index (χ1v) is 7.20. The van der Waals surface area contributed by atoms with Gasteiger partial charge in [-0.05, 0) is 26.0 Å². The molecular weight excluding hydrogens is 312 g/mol. The lowest BCUT2D eigenvalue weighted by Gasteiger charge is -2.13. The molecule has 9 heteroatoms. The van der Waals surface area contributed by atoms with Crippen molar-refractivity contribution in [3.63, 3.8) is 0 Å². The maximum atomic E-state index is 12.2. The normalized spacial score (nSPS) is 10.3. The minimum atomic E-state index is -0.738. The van der Waals surface area contributed by atoms with Gasteiger partial charge < -0.3 is 21.7 Å². The summed E-state index contributed by atoms with van der Waals surface area (Å²) in [5.74, 6) is -1.26. The van der Waals surface area contributed by atoms with Crippen LogP contribution in [-0.4, -0.2) is 34.1 Å². The Kier molecular flexibility index (Phi) is 5.15. The third-order valence-electron chi connectivity index (χ3n) is 2.92. The van der Waals surface area contributed by atoms with Crippen molar-refractivity contribution in [2.45, 2.75) is 19.9 Å². The van der Waals surface area contributed by atoms with E-state index in [1.54, 1.807) is 24.3 Å². The molecule has 0 spiro atoms. The third kappa shape index (κ3) is 4.32. The molecule has 2 aromatic rings. The molecule has 0 saturated carbocycles. The molecular formula is C15H18N6O3. The van der Waals surface area contributed by atoms with Crippen LogP contribution in [0.1, 0.15) is 34.8 Å². The van der Waals surface area contributed by atoms with Crippen LogP contribution in [-0.2, 0) is 0 Å². The number of nitrogens with two attached hydrogens (primary N) is 1. The second-order valence-electron chi connectivity index (χ2n) is 5.28. The van der Waals surface area contributed by atoms with Crippen molar-refractivity contribution in [3.8, 4) is 0 Å². The average Bonchev–Trinajstić information content (AvgIpc) is 2.98. The number of hydrogen-bond donors (Lipinski definition) is 5. The summed E-state index contributed by atoms with van der Waals surface area (Å²) in [6, 6.07) is 7.56. The van der Waals surface area contributed by atoms with Crippen LogP contribution >= 0.6 is 0 Å². The van der Waals surface area contributed by atoms with E-state index in [0.717, 1.165) is 0 Å². The van der Waals surface area contributed by atoms with E-state index in [2.05, 4.69) is 26.1 Å². The highest BCUT2D eigenvalue weighted by Gasteiger charge is 2.15. The van der Waals surface area contributed by atoms with E-state index < -0.39 is 11.8 Å². The SMILES string of the molecule is CC(C)NC(=O)Nc1ccccc1NC(=O)c1cc(C(N)=O)n[nH]1. The molecule has 1 heterocycles. The number of anilines is 2. The third-order valence-corrected chi connectivity index (χ3v) is 2.92. The van der Waals surface area contributed by atoms with Gasteiger partial charge in [-0.2, -0.15) is 5.10 Å². The van der Waals surface area contributed by atoms with Gasteiger partial charge in [0, 0.05) is 12.1 Å². The Hall–Kier alpha value is -3.36. The number of aromatic amines is 1. The van der Waals surface area contributed by atoms with Crippen LogP contribution in [0.5, 0.6) is 0 Å². The summed E-state index contributed by atoms with van der Waals surface area (Å²) in [6.45, 7) is 3.67. The Bertz CT molecular complexity index is 768. The number of primary amides is 1. The number of nitrogens with one attached hydrogen (secondary N) is 4. The minimum Gasteiger partial charge on any atom is -0.364 e. The maximum absolute atomic E-state index is 12.2. The molecule has 4 amide bonds. The first-order valence-electron chi connectivity index (χ1n) is 7.20. The molecule has 0 bridgehead atoms. The van der Waals surface area contributed by atoms with Crippen molar-refractivity contribution in [1.29, 1.82) is 0 Å². The lowest BCUT2D eigenvalue weighted by molar-refractivity contribution is 0.0994. The van der Waals surface area contributed by atoms with Crippen molar-refractivity contribution in [1.82, 2.24) is 15.5 Å². The predicted octanol–water partition coefficient (Wildman–Crippen LogP) is 1.29. The fourth-order valence-corrected chi connectivity index (χ4v) is 1.88. The Morgan fingerprint density at radius 2 is 1.75 bits per heavy atom. The van der Waals surface area contributed by atoms with Crippen molar-refractivity contribution in [2.24, 2.45) is 5.73 Å². The van der Waals surface area contributed by atoms with E-state index in [0.29, 0.717) is 11.4 Å². The quantitative estimate of drug-likeness (QED) is 0.563. The van der Waals surface area contributed by atoms with Crippen LogP contribution in [0.25, 0.3) is 0 Å². The molecule has 0 atom stereocenters. The summed E-state index contributed by atoms with van der Waals surface area (Å²) >= 11 is 0. The van der Waals surface area contributed by atoms with Gasteiger partial charge in [0.25, 0.3) is 11.8 Å². The van der Waals surface area contributed by atoms with Gasteiger partial charge in [0.2, 0.25) is 0 Å². The van der Waals surface area contributed by atoms with Crippen LogP contribution in [0.2, 0.25) is 0 Å². The number of benzene rings is 1. The van der Waals surface area contributed by atoms with E-state index >= 15 is 0 Å². The second kappa shape index (κ2) is 7.27. The van der Waals surface area contributed by atoms with Gasteiger partial charge >= 0.3 is 6.03 Å². The molecule has 0 radical (unpaired) electrons. The van der Waals surface area contributed by atoms with Crippen LogP contribution in [0.4, 0.5) is 16.2 Å². The molecule has 1 aromatic carbocycles. The summed E-state index contributed by atoms with van der Waals surface area (Å²) in [5.41, 5.74) is 5.96. The lowest BCUT2D eigenvalue weighted by Crippen LogP contribution is -2.34. The number of carbonyl (C=O) groups is 3. The number of H-pyrrole nitrogens is 1. The van der Waals surface area contributed by atoms with Gasteiger partial charge in [0.1, 0.15) is 5.69 Å². The number of aromatic nitrogens is 2. The molecule has 24 heavy (non-hydrogen) atoms. The summed E-state index contributed by atoms with van der Waals surface area (Å²) in [7, 11) is 0. The number of carbonyl (C=O) groups excluding carboxylic acids is 3. The first-order chi connectivity index (χ1) is 11.4. The van der Waals surface area contributed by atoms with Gasteiger partial charge in [-0.25, -0.2) is 4.79 Å². The fraction of sp³-hybridized carbons (Fsp3) is 0.200. The Labute approximate surface area is 138 Å². The van der Waals surface area contributed by atoms with E-state index in [1.807, 2.05) is 13.8 Å². The van der Waals surface area contributed by atoms with Crippen molar-refractivity contribution in [3.05, 3.63) is 41.7 Å². The van der Waals surface area contributed by atoms with E-state index in [4.69, 9.17) is 5.73 Å². The van der Waals surface area contributed by atoms with Crippen LogP contribution in [0.3, 0.4) is 0 Å². The lowest BCUT2D eigenvalue weighted by atomic mass is 10.2. The molecule has 0 aliphatic heterocycles. The molecule has 0 unspecified atom stereocenters. The Morgan fingerprint density at radius 3 is 2.29 bits per heavy atom. The molecule has 1 aromatic heterocycles. The molecule has 0 aliphatic carbocycles. The maximum Gasteiger partial charge on any atom is 0.319 e. The molecule has 0 saturated heterocycles. The highest BCUT2D eigenvalue weighted by atomic mass is 16.2. The van der Waals surface area contributed by atoms with Crippen molar-refractivity contribution in [2.75, 3.05) is 10.6 Å². The zero-order valence-electron chi connectivity index (χ0n) is 13.2. The summed E-state index contributed by atoms with van der Waals surface area (Å²) in [6.07, 6.45) is 0. The van der Waals surface area contributed by atoms with Crippen LogP contribution < -0.4 is 21.7 Å². The summed E-state index contributed by atoms with van der Waals surface area (Å²) in [5, 5.41) is 14.1. The highest BCUT2D eigenvalue weighted by molar-refractivity contribution is 6.07. The number of urea groups is 1. The number of nitrogens with zero attached hydrogens (tertiary/aromatic N) is 1. The molecule has 126 valence electrons. The topological polar surface area (TPSA) is 142 Å². The van der Waals surface area contributed by atoms with E-state index in [-0.39, 0.29) is 23.5 Å². The van der Waals surface area contributed by atoms with Gasteiger partial charge in [-0.3, -0.25) is 14.7 Å². The fourth-order valence-electron chi connectivity index (χ4n) is 1.88. The zero-order valence-corrected chi connectivity index (χ0v) is 13.2. The Morgan fingerprint density at radius 1 is 1.12 bits per heavy atom. The number of rotatable bonds is 5.